The number of fused-ring (bicyclic) bond motifs is 7. The van der Waals surface area contributed by atoms with Gasteiger partial charge >= 0.3 is 0 Å². The molecule has 0 saturated heterocycles. The summed E-state index contributed by atoms with van der Waals surface area (Å²) >= 11 is 0. The van der Waals surface area contributed by atoms with Gasteiger partial charge in [0.15, 0.2) is 0 Å². The van der Waals surface area contributed by atoms with Gasteiger partial charge in [-0.15, -0.1) is 0 Å². The van der Waals surface area contributed by atoms with Crippen molar-refractivity contribution in [1.29, 1.82) is 0 Å². The Bertz CT molecular complexity index is 3640. The monoisotopic (exact) mass is 921 g/mol. The van der Waals surface area contributed by atoms with E-state index >= 15 is 0 Å². The maximum Gasteiger partial charge on any atom is 0.143 e. The Balaban J connectivity index is 1.04. The van der Waals surface area contributed by atoms with E-state index in [9.17, 15) is 0 Å². The Morgan fingerprint density at radius 3 is 1.86 bits per heavy atom. The predicted octanol–water partition coefficient (Wildman–Crippen LogP) is 18.0. The first-order valence-corrected chi connectivity index (χ1v) is 24.8. The molecule has 0 N–H and O–H groups in total. The topological polar surface area (TPSA) is 46.7 Å². The molecule has 6 heteroatoms. The zero-order chi connectivity index (χ0) is 49.1. The molecule has 7 aromatic carbocycles. The number of hydrogen-bond donors (Lipinski definition) is 0. The Labute approximate surface area is 413 Å². The molecule has 0 amide bonds. The van der Waals surface area contributed by atoms with E-state index in [1.807, 2.05) is 12.3 Å². The maximum atomic E-state index is 6.92. The Morgan fingerprint density at radius 1 is 0.457 bits per heavy atom. The first-order chi connectivity index (χ1) is 33.2. The van der Waals surface area contributed by atoms with Crippen LogP contribution in [0.2, 0.25) is 0 Å². The van der Waals surface area contributed by atoms with Gasteiger partial charge in [0.05, 0.1) is 22.4 Å². The quantitative estimate of drug-likeness (QED) is 0.166. The third-order valence-corrected chi connectivity index (χ3v) is 14.3. The van der Waals surface area contributed by atoms with Gasteiger partial charge in [-0.25, -0.2) is 4.98 Å². The van der Waals surface area contributed by atoms with E-state index < -0.39 is 0 Å². The van der Waals surface area contributed by atoms with Gasteiger partial charge in [0.25, 0.3) is 0 Å². The number of furan rings is 1. The average molecular weight is 921 g/mol. The molecule has 0 saturated carbocycles. The standard InChI is InChI=1S/C64H64N4O2/c1-61(2,3)40-26-29-54-53(35-40)48-28-27-47(38-56(48)68(54)58-36-41(30-31-65-58)62(4,5)6)69-46-19-15-18-44(37-46)66-39-67(45-33-42(63(7,8)9)32-43(34-45)64(10,11)12)59-50(21-17-24-55(59)66)52-23-16-22-51-49-20-13-14-25-57(49)70-60(51)52/h13-38H,39H2,1-12H3. The van der Waals surface area contributed by atoms with Crippen LogP contribution >= 0.6 is 0 Å². The van der Waals surface area contributed by atoms with Crippen LogP contribution in [0.4, 0.5) is 22.7 Å². The molecule has 1 aliphatic heterocycles. The van der Waals surface area contributed by atoms with Gasteiger partial charge in [-0.2, -0.15) is 0 Å². The summed E-state index contributed by atoms with van der Waals surface area (Å²) in [6, 6.07) is 55.0. The number of hydrogen-bond acceptors (Lipinski definition) is 5. The summed E-state index contributed by atoms with van der Waals surface area (Å²) in [5.74, 6) is 2.41. The largest absolute Gasteiger partial charge is 0.457 e. The minimum Gasteiger partial charge on any atom is -0.457 e. The molecule has 0 unspecified atom stereocenters. The van der Waals surface area contributed by atoms with E-state index in [-0.39, 0.29) is 21.7 Å². The summed E-state index contributed by atoms with van der Waals surface area (Å²) in [6.07, 6.45) is 1.94. The third kappa shape index (κ3) is 7.88. The highest BCUT2D eigenvalue weighted by atomic mass is 16.5. The fourth-order valence-corrected chi connectivity index (χ4v) is 10.2. The van der Waals surface area contributed by atoms with Crippen molar-refractivity contribution in [1.82, 2.24) is 9.55 Å². The van der Waals surface area contributed by atoms with Gasteiger partial charge in [-0.1, -0.05) is 150 Å². The van der Waals surface area contributed by atoms with Gasteiger partial charge in [0, 0.05) is 62.4 Å². The molecule has 11 rings (SSSR count). The molecule has 3 aromatic heterocycles. The van der Waals surface area contributed by atoms with Crippen molar-refractivity contribution >= 4 is 66.5 Å². The lowest BCUT2D eigenvalue weighted by Crippen LogP contribution is -2.25. The molecule has 0 aliphatic carbocycles. The molecule has 6 nitrogen and oxygen atoms in total. The van der Waals surface area contributed by atoms with Crippen molar-refractivity contribution in [3.05, 3.63) is 180 Å². The van der Waals surface area contributed by atoms with E-state index in [4.69, 9.17) is 14.1 Å². The molecule has 10 aromatic rings. The van der Waals surface area contributed by atoms with Crippen LogP contribution in [0.25, 0.3) is 60.7 Å². The van der Waals surface area contributed by atoms with Gasteiger partial charge < -0.3 is 19.0 Å². The number of para-hydroxylation sites is 3. The lowest BCUT2D eigenvalue weighted by atomic mass is 9.80. The lowest BCUT2D eigenvalue weighted by Gasteiger charge is -2.30. The molecule has 4 heterocycles. The minimum atomic E-state index is -0.0526. The van der Waals surface area contributed by atoms with Gasteiger partial charge in [0.2, 0.25) is 0 Å². The highest BCUT2D eigenvalue weighted by Crippen LogP contribution is 2.52. The van der Waals surface area contributed by atoms with Crippen LogP contribution in [-0.2, 0) is 21.7 Å². The van der Waals surface area contributed by atoms with Crippen LogP contribution in [0.1, 0.15) is 105 Å². The number of pyridine rings is 1. The fourth-order valence-electron chi connectivity index (χ4n) is 10.2. The van der Waals surface area contributed by atoms with Crippen LogP contribution in [0.5, 0.6) is 11.5 Å². The summed E-state index contributed by atoms with van der Waals surface area (Å²) in [7, 11) is 0. The van der Waals surface area contributed by atoms with Crippen LogP contribution in [0, 0.1) is 0 Å². The van der Waals surface area contributed by atoms with Crippen molar-refractivity contribution in [3.63, 3.8) is 0 Å². The number of rotatable bonds is 6. The number of nitrogens with zero attached hydrogens (tertiary/aromatic N) is 4. The van der Waals surface area contributed by atoms with Crippen LogP contribution in [0.3, 0.4) is 0 Å². The molecule has 0 spiro atoms. The molecule has 1 aliphatic rings. The molecule has 0 atom stereocenters. The fraction of sp³-hybridized carbons (Fsp3) is 0.266. The van der Waals surface area contributed by atoms with Crippen molar-refractivity contribution in [2.24, 2.45) is 0 Å². The first-order valence-electron chi connectivity index (χ1n) is 24.8. The Hall–Kier alpha value is -7.31. The molecule has 352 valence electrons. The summed E-state index contributed by atoms with van der Waals surface area (Å²) in [6.45, 7) is 28.0. The zero-order valence-corrected chi connectivity index (χ0v) is 42.8. The van der Waals surface area contributed by atoms with E-state index in [0.717, 1.165) is 78.5 Å². The molecular weight excluding hydrogens is 857 g/mol. The van der Waals surface area contributed by atoms with Crippen molar-refractivity contribution in [2.45, 2.75) is 105 Å². The summed E-state index contributed by atoms with van der Waals surface area (Å²) in [5, 5.41) is 4.61. The Kier molecular flexibility index (Phi) is 10.4. The second-order valence-electron chi connectivity index (χ2n) is 23.5. The Morgan fingerprint density at radius 2 is 1.11 bits per heavy atom. The van der Waals surface area contributed by atoms with E-state index in [1.165, 1.54) is 38.7 Å². The maximum absolute atomic E-state index is 6.92. The predicted molar refractivity (Wildman–Crippen MR) is 295 cm³/mol. The summed E-state index contributed by atoms with van der Waals surface area (Å²) in [5.41, 5.74) is 15.6. The lowest BCUT2D eigenvalue weighted by molar-refractivity contribution is 0.483. The smallest absolute Gasteiger partial charge is 0.143 e. The van der Waals surface area contributed by atoms with Crippen molar-refractivity contribution in [3.8, 4) is 28.4 Å². The third-order valence-electron chi connectivity index (χ3n) is 14.3. The highest BCUT2D eigenvalue weighted by molar-refractivity contribution is 6.12. The number of aromatic nitrogens is 2. The molecular formula is C64H64N4O2. The highest BCUT2D eigenvalue weighted by Gasteiger charge is 2.34. The van der Waals surface area contributed by atoms with Gasteiger partial charge in [-0.05, 0) is 117 Å². The molecule has 0 bridgehead atoms. The van der Waals surface area contributed by atoms with E-state index in [0.29, 0.717) is 6.67 Å². The average Bonchev–Trinajstić information content (AvgIpc) is 4.00. The molecule has 70 heavy (non-hydrogen) atoms. The second-order valence-corrected chi connectivity index (χ2v) is 23.5. The van der Waals surface area contributed by atoms with Gasteiger partial charge in [0.1, 0.15) is 35.2 Å². The van der Waals surface area contributed by atoms with Crippen LogP contribution < -0.4 is 14.5 Å². The molecule has 0 radical (unpaired) electrons. The first kappa shape index (κ1) is 45.2. The number of anilines is 4. The summed E-state index contributed by atoms with van der Waals surface area (Å²) < 4.78 is 15.9. The number of benzene rings is 7. The SMILES string of the molecule is CC(C)(C)c1cc(N2CN(c3cccc(Oc4ccc5c6cc(C(C)(C)C)ccc6n(-c6cc(C(C)(C)C)ccn6)c5c4)c3)c3cccc(-c4cccc5c4oc4ccccc45)c32)cc(C(C)(C)C)c1. The second kappa shape index (κ2) is 16.1. The normalized spacial score (nSPS) is 13.6. The van der Waals surface area contributed by atoms with Crippen LogP contribution in [0.15, 0.2) is 162 Å². The zero-order valence-electron chi connectivity index (χ0n) is 42.8. The van der Waals surface area contributed by atoms with E-state index in [2.05, 4.69) is 243 Å². The summed E-state index contributed by atoms with van der Waals surface area (Å²) in [4.78, 5) is 9.90. The van der Waals surface area contributed by atoms with Crippen LogP contribution in [-0.4, -0.2) is 16.2 Å². The molecule has 0 fully saturated rings. The van der Waals surface area contributed by atoms with Crippen molar-refractivity contribution < 1.29 is 9.15 Å². The van der Waals surface area contributed by atoms with Gasteiger partial charge in [-0.3, -0.25) is 4.57 Å². The van der Waals surface area contributed by atoms with E-state index in [1.54, 1.807) is 0 Å². The van der Waals surface area contributed by atoms with Crippen molar-refractivity contribution in [2.75, 3.05) is 16.5 Å². The minimum absolute atomic E-state index is 0.00391. The number of ether oxygens (including phenoxy) is 1.